The maximum Gasteiger partial charge on any atom is 0.123 e. The van der Waals surface area contributed by atoms with Gasteiger partial charge in [-0.25, -0.2) is 9.07 Å². The molecule has 1 fully saturated rings. The number of benzene rings is 2. The average Bonchev–Trinajstić information content (AvgIpc) is 3.06. The van der Waals surface area contributed by atoms with Crippen molar-refractivity contribution in [2.45, 2.75) is 57.4 Å². The Morgan fingerprint density at radius 2 is 2.03 bits per heavy atom. The highest BCUT2D eigenvalue weighted by Gasteiger charge is 2.34. The van der Waals surface area contributed by atoms with Gasteiger partial charge >= 0.3 is 0 Å². The van der Waals surface area contributed by atoms with Crippen LogP contribution in [0.15, 0.2) is 42.6 Å². The Balaban J connectivity index is 1.48. The minimum absolute atomic E-state index is 0.223. The molecule has 5 rings (SSSR count). The van der Waals surface area contributed by atoms with Gasteiger partial charge < -0.3 is 4.84 Å². The van der Waals surface area contributed by atoms with E-state index in [1.54, 1.807) is 12.1 Å². The first kappa shape index (κ1) is 18.8. The number of fused-ring (bicyclic) bond motifs is 4. The fraction of sp³-hybridized carbons (Fsp3) is 0.458. The first-order valence-corrected chi connectivity index (χ1v) is 10.9. The molecule has 2 unspecified atom stereocenters. The minimum Gasteiger partial charge on any atom is -0.302 e. The largest absolute Gasteiger partial charge is 0.302 e. The van der Waals surface area contributed by atoms with Gasteiger partial charge in [-0.1, -0.05) is 0 Å². The molecule has 4 nitrogen and oxygen atoms in total. The first-order valence-electron chi connectivity index (χ1n) is 10.9. The molecule has 1 aromatic heterocycles. The van der Waals surface area contributed by atoms with E-state index in [0.29, 0.717) is 24.5 Å². The van der Waals surface area contributed by atoms with E-state index in [9.17, 15) is 4.39 Å². The van der Waals surface area contributed by atoms with Crippen molar-refractivity contribution in [3.8, 4) is 5.69 Å². The predicted molar refractivity (Wildman–Crippen MR) is 113 cm³/mol. The fourth-order valence-electron chi connectivity index (χ4n) is 5.34. The van der Waals surface area contributed by atoms with Crippen LogP contribution >= 0.6 is 0 Å². The SMILES string of the molecule is CCON[C@@H]1CCC2c3cc4cnn(-c5ccc(F)cc5)c4cc3CCCC2C1. The Morgan fingerprint density at radius 1 is 1.17 bits per heavy atom. The second kappa shape index (κ2) is 7.88. The van der Waals surface area contributed by atoms with Crippen LogP contribution in [0.5, 0.6) is 0 Å². The van der Waals surface area contributed by atoms with E-state index in [1.807, 2.05) is 17.8 Å². The molecule has 0 aliphatic heterocycles. The van der Waals surface area contributed by atoms with E-state index in [1.165, 1.54) is 54.3 Å². The number of hydrogen-bond donors (Lipinski definition) is 1. The second-order valence-corrected chi connectivity index (χ2v) is 8.46. The summed E-state index contributed by atoms with van der Waals surface area (Å²) in [6.07, 6.45) is 9.14. The van der Waals surface area contributed by atoms with Crippen molar-refractivity contribution in [3.63, 3.8) is 0 Å². The normalized spacial score (nSPS) is 24.1. The number of halogens is 1. The average molecular weight is 394 g/mol. The van der Waals surface area contributed by atoms with Crippen LogP contribution in [-0.4, -0.2) is 22.4 Å². The van der Waals surface area contributed by atoms with Gasteiger partial charge in [-0.2, -0.15) is 10.6 Å². The van der Waals surface area contributed by atoms with Crippen molar-refractivity contribution in [2.75, 3.05) is 6.61 Å². The summed E-state index contributed by atoms with van der Waals surface area (Å²) < 4.78 is 15.3. The number of nitrogens with one attached hydrogen (secondary N) is 1. The number of aryl methyl sites for hydroxylation is 1. The molecule has 1 heterocycles. The number of hydroxylamine groups is 1. The van der Waals surface area contributed by atoms with Gasteiger partial charge in [0.05, 0.1) is 24.0 Å². The quantitative estimate of drug-likeness (QED) is 0.612. The zero-order valence-electron chi connectivity index (χ0n) is 16.9. The smallest absolute Gasteiger partial charge is 0.123 e. The molecule has 1 N–H and O–H groups in total. The highest BCUT2D eigenvalue weighted by atomic mass is 19.1. The molecular weight excluding hydrogens is 365 g/mol. The summed E-state index contributed by atoms with van der Waals surface area (Å²) >= 11 is 0. The number of rotatable bonds is 4. The third-order valence-corrected chi connectivity index (χ3v) is 6.70. The minimum atomic E-state index is -0.223. The van der Waals surface area contributed by atoms with Crippen LogP contribution in [0.1, 0.15) is 56.1 Å². The lowest BCUT2D eigenvalue weighted by Gasteiger charge is -2.36. The topological polar surface area (TPSA) is 39.1 Å². The van der Waals surface area contributed by atoms with Crippen molar-refractivity contribution in [1.29, 1.82) is 0 Å². The van der Waals surface area contributed by atoms with Gasteiger partial charge in [0, 0.05) is 11.4 Å². The molecule has 0 amide bonds. The van der Waals surface area contributed by atoms with Crippen molar-refractivity contribution < 1.29 is 9.23 Å². The maximum atomic E-state index is 13.3. The molecule has 5 heteroatoms. The summed E-state index contributed by atoms with van der Waals surface area (Å²) in [6, 6.07) is 11.7. The number of aromatic nitrogens is 2. The summed E-state index contributed by atoms with van der Waals surface area (Å²) in [6.45, 7) is 2.74. The van der Waals surface area contributed by atoms with Gasteiger partial charge in [0.15, 0.2) is 0 Å². The van der Waals surface area contributed by atoms with E-state index in [4.69, 9.17) is 4.84 Å². The molecule has 2 aliphatic carbocycles. The molecule has 3 aromatic rings. The lowest BCUT2D eigenvalue weighted by molar-refractivity contribution is 0.00581. The van der Waals surface area contributed by atoms with Crippen LogP contribution in [0.4, 0.5) is 4.39 Å². The maximum absolute atomic E-state index is 13.3. The summed E-state index contributed by atoms with van der Waals surface area (Å²) in [4.78, 5) is 5.48. The van der Waals surface area contributed by atoms with E-state index >= 15 is 0 Å². The number of nitrogens with zero attached hydrogens (tertiary/aromatic N) is 2. The molecule has 0 radical (unpaired) electrons. The van der Waals surface area contributed by atoms with Gasteiger partial charge in [-0.05, 0) is 105 Å². The molecule has 2 aromatic carbocycles. The molecule has 3 atom stereocenters. The Bertz CT molecular complexity index is 997. The van der Waals surface area contributed by atoms with Crippen molar-refractivity contribution in [1.82, 2.24) is 15.3 Å². The molecule has 0 saturated heterocycles. The van der Waals surface area contributed by atoms with Crippen molar-refractivity contribution in [3.05, 3.63) is 59.5 Å². The highest BCUT2D eigenvalue weighted by molar-refractivity contribution is 5.82. The molecule has 1 saturated carbocycles. The van der Waals surface area contributed by atoms with Crippen LogP contribution in [0.3, 0.4) is 0 Å². The van der Waals surface area contributed by atoms with Gasteiger partial charge in [0.1, 0.15) is 5.82 Å². The third kappa shape index (κ3) is 3.58. The molecule has 0 bridgehead atoms. The molecule has 0 spiro atoms. The summed E-state index contributed by atoms with van der Waals surface area (Å²) in [7, 11) is 0. The van der Waals surface area contributed by atoms with Gasteiger partial charge in [-0.3, -0.25) is 0 Å². The van der Waals surface area contributed by atoms with Gasteiger partial charge in [0.2, 0.25) is 0 Å². The Labute approximate surface area is 171 Å². The zero-order valence-corrected chi connectivity index (χ0v) is 16.9. The zero-order chi connectivity index (χ0) is 19.8. The molecule has 29 heavy (non-hydrogen) atoms. The molecular formula is C24H28FN3O. The molecule has 152 valence electrons. The van der Waals surface area contributed by atoms with Crippen LogP contribution in [0.2, 0.25) is 0 Å². The van der Waals surface area contributed by atoms with Gasteiger partial charge in [-0.15, -0.1) is 0 Å². The van der Waals surface area contributed by atoms with Crippen LogP contribution in [-0.2, 0) is 11.3 Å². The lowest BCUT2D eigenvalue weighted by Crippen LogP contribution is -2.36. The van der Waals surface area contributed by atoms with Crippen LogP contribution in [0, 0.1) is 11.7 Å². The Kier molecular flexibility index (Phi) is 5.10. The van der Waals surface area contributed by atoms with E-state index in [0.717, 1.165) is 24.0 Å². The Hall–Kier alpha value is -2.24. The first-order chi connectivity index (χ1) is 14.2. The summed E-state index contributed by atoms with van der Waals surface area (Å²) in [5.41, 5.74) is 8.26. The molecule has 2 aliphatic rings. The van der Waals surface area contributed by atoms with Crippen LogP contribution < -0.4 is 5.48 Å². The Morgan fingerprint density at radius 3 is 2.86 bits per heavy atom. The highest BCUT2D eigenvalue weighted by Crippen LogP contribution is 2.45. The van der Waals surface area contributed by atoms with Gasteiger partial charge in [0.25, 0.3) is 0 Å². The summed E-state index contributed by atoms with van der Waals surface area (Å²) in [5, 5.41) is 5.78. The predicted octanol–water partition coefficient (Wildman–Crippen LogP) is 5.29. The van der Waals surface area contributed by atoms with Crippen molar-refractivity contribution in [2.24, 2.45) is 5.92 Å². The van der Waals surface area contributed by atoms with E-state index < -0.39 is 0 Å². The summed E-state index contributed by atoms with van der Waals surface area (Å²) in [5.74, 6) is 1.12. The number of hydrogen-bond acceptors (Lipinski definition) is 3. The van der Waals surface area contributed by atoms with E-state index in [2.05, 4.69) is 22.7 Å². The standard InChI is InChI=1S/C24H28FN3O/c1-2-29-27-20-8-11-22-16(12-20)4-3-5-17-14-24-18(13-23(17)22)15-26-28(24)21-9-6-19(25)7-10-21/h6-7,9-10,13-16,20,22,27H,2-5,8,11-12H2,1H3/t16?,20-,22?/m1/s1. The van der Waals surface area contributed by atoms with E-state index in [-0.39, 0.29) is 5.82 Å². The van der Waals surface area contributed by atoms with Crippen molar-refractivity contribution >= 4 is 10.9 Å². The second-order valence-electron chi connectivity index (χ2n) is 8.46. The lowest BCUT2D eigenvalue weighted by atomic mass is 9.72. The fourth-order valence-corrected chi connectivity index (χ4v) is 5.34. The van der Waals surface area contributed by atoms with Crippen LogP contribution in [0.25, 0.3) is 16.6 Å². The monoisotopic (exact) mass is 393 g/mol. The third-order valence-electron chi connectivity index (χ3n) is 6.70.